The third-order valence-corrected chi connectivity index (χ3v) is 5.15. The average molecular weight is 331 g/mol. The van der Waals surface area contributed by atoms with E-state index in [0.29, 0.717) is 18.2 Å². The molecule has 2 aromatic rings. The van der Waals surface area contributed by atoms with Crippen LogP contribution in [0.25, 0.3) is 10.2 Å². The SMILES string of the molecule is CC(C)C(=O)N1CCC(C(=O)Nc2nc3ccccc3s2)CC1. The first-order chi connectivity index (χ1) is 11.0. The first kappa shape index (κ1) is 15.9. The molecule has 1 aliphatic rings. The van der Waals surface area contributed by atoms with Crippen molar-refractivity contribution >= 4 is 38.5 Å². The van der Waals surface area contributed by atoms with E-state index in [-0.39, 0.29) is 23.7 Å². The number of rotatable bonds is 3. The van der Waals surface area contributed by atoms with Crippen molar-refractivity contribution in [2.75, 3.05) is 18.4 Å². The second-order valence-electron chi connectivity index (χ2n) is 6.23. The molecule has 1 aromatic carbocycles. The molecule has 0 saturated carbocycles. The number of aromatic nitrogens is 1. The number of anilines is 1. The average Bonchev–Trinajstić information content (AvgIpc) is 2.96. The summed E-state index contributed by atoms with van der Waals surface area (Å²) in [5.41, 5.74) is 0.908. The smallest absolute Gasteiger partial charge is 0.229 e. The maximum Gasteiger partial charge on any atom is 0.229 e. The zero-order valence-electron chi connectivity index (χ0n) is 13.4. The molecule has 0 unspecified atom stereocenters. The summed E-state index contributed by atoms with van der Waals surface area (Å²) >= 11 is 1.49. The van der Waals surface area contributed by atoms with Crippen molar-refractivity contribution in [1.29, 1.82) is 0 Å². The van der Waals surface area contributed by atoms with Gasteiger partial charge >= 0.3 is 0 Å². The molecular formula is C17H21N3O2S. The van der Waals surface area contributed by atoms with Crippen LogP contribution in [0.1, 0.15) is 26.7 Å². The molecule has 6 heteroatoms. The van der Waals surface area contributed by atoms with Gasteiger partial charge in [0, 0.05) is 24.9 Å². The van der Waals surface area contributed by atoms with Gasteiger partial charge in [-0.25, -0.2) is 4.98 Å². The Morgan fingerprint density at radius 2 is 1.96 bits per heavy atom. The number of benzene rings is 1. The third kappa shape index (κ3) is 3.52. The lowest BCUT2D eigenvalue weighted by molar-refractivity contribution is -0.137. The first-order valence-corrected chi connectivity index (χ1v) is 8.81. The first-order valence-electron chi connectivity index (χ1n) is 8.00. The molecule has 0 radical (unpaired) electrons. The molecule has 5 nitrogen and oxygen atoms in total. The highest BCUT2D eigenvalue weighted by Gasteiger charge is 2.28. The summed E-state index contributed by atoms with van der Waals surface area (Å²) in [5.74, 6) is 0.164. The highest BCUT2D eigenvalue weighted by molar-refractivity contribution is 7.22. The molecule has 1 aliphatic heterocycles. The Labute approximate surface area is 139 Å². The fourth-order valence-corrected chi connectivity index (χ4v) is 3.73. The van der Waals surface area contributed by atoms with Gasteiger partial charge in [0.2, 0.25) is 11.8 Å². The molecule has 1 aromatic heterocycles. The maximum absolute atomic E-state index is 12.4. The summed E-state index contributed by atoms with van der Waals surface area (Å²) in [6, 6.07) is 7.85. The van der Waals surface area contributed by atoms with E-state index in [4.69, 9.17) is 0 Å². The number of carbonyl (C=O) groups excluding carboxylic acids is 2. The summed E-state index contributed by atoms with van der Waals surface area (Å²) < 4.78 is 1.07. The number of likely N-dealkylation sites (tertiary alicyclic amines) is 1. The molecule has 1 saturated heterocycles. The monoisotopic (exact) mass is 331 g/mol. The number of para-hydroxylation sites is 1. The van der Waals surface area contributed by atoms with Gasteiger partial charge in [0.15, 0.2) is 5.13 Å². The Bertz CT molecular complexity index is 684. The standard InChI is InChI=1S/C17H21N3O2S/c1-11(2)16(22)20-9-7-12(8-10-20)15(21)19-17-18-13-5-3-4-6-14(13)23-17/h3-6,11-12H,7-10H2,1-2H3,(H,18,19,21). The largest absolute Gasteiger partial charge is 0.342 e. The number of amides is 2. The van der Waals surface area contributed by atoms with Crippen LogP contribution in [0.4, 0.5) is 5.13 Å². The van der Waals surface area contributed by atoms with Crippen LogP contribution >= 0.6 is 11.3 Å². The molecule has 0 aliphatic carbocycles. The maximum atomic E-state index is 12.4. The second kappa shape index (κ2) is 6.66. The molecular weight excluding hydrogens is 310 g/mol. The molecule has 0 bridgehead atoms. The van der Waals surface area contributed by atoms with Gasteiger partial charge < -0.3 is 10.2 Å². The van der Waals surface area contributed by atoms with Crippen LogP contribution in [0.2, 0.25) is 0 Å². The van der Waals surface area contributed by atoms with Crippen LogP contribution < -0.4 is 5.32 Å². The fraction of sp³-hybridized carbons (Fsp3) is 0.471. The second-order valence-corrected chi connectivity index (χ2v) is 7.26. The Morgan fingerprint density at radius 3 is 2.61 bits per heavy atom. The van der Waals surface area contributed by atoms with E-state index in [1.54, 1.807) is 0 Å². The van der Waals surface area contributed by atoms with Gasteiger partial charge in [-0.1, -0.05) is 37.3 Å². The number of fused-ring (bicyclic) bond motifs is 1. The Hall–Kier alpha value is -1.95. The zero-order chi connectivity index (χ0) is 16.4. The van der Waals surface area contributed by atoms with Crippen LogP contribution in [0.3, 0.4) is 0 Å². The molecule has 1 N–H and O–H groups in total. The molecule has 1 fully saturated rings. The Kier molecular flexibility index (Phi) is 4.61. The van der Waals surface area contributed by atoms with Crippen molar-refractivity contribution in [3.8, 4) is 0 Å². The number of thiazole rings is 1. The van der Waals surface area contributed by atoms with Crippen molar-refractivity contribution < 1.29 is 9.59 Å². The van der Waals surface area contributed by atoms with Crippen LogP contribution in [0.15, 0.2) is 24.3 Å². The Morgan fingerprint density at radius 1 is 1.26 bits per heavy atom. The molecule has 0 spiro atoms. The molecule has 2 heterocycles. The van der Waals surface area contributed by atoms with Crippen molar-refractivity contribution in [3.63, 3.8) is 0 Å². The zero-order valence-corrected chi connectivity index (χ0v) is 14.2. The molecule has 0 atom stereocenters. The van der Waals surface area contributed by atoms with Crippen molar-refractivity contribution in [2.24, 2.45) is 11.8 Å². The Balaban J connectivity index is 1.58. The number of hydrogen-bond acceptors (Lipinski definition) is 4. The van der Waals surface area contributed by atoms with Gasteiger partial charge in [-0.2, -0.15) is 0 Å². The van der Waals surface area contributed by atoms with Crippen LogP contribution in [0, 0.1) is 11.8 Å². The lowest BCUT2D eigenvalue weighted by Crippen LogP contribution is -2.43. The lowest BCUT2D eigenvalue weighted by Gasteiger charge is -2.32. The number of piperidine rings is 1. The van der Waals surface area contributed by atoms with Crippen LogP contribution in [-0.2, 0) is 9.59 Å². The molecule has 2 amide bonds. The van der Waals surface area contributed by atoms with Gasteiger partial charge in [0.25, 0.3) is 0 Å². The van der Waals surface area contributed by atoms with E-state index in [0.717, 1.165) is 23.1 Å². The van der Waals surface area contributed by atoms with E-state index in [1.807, 2.05) is 43.0 Å². The number of nitrogens with zero attached hydrogens (tertiary/aromatic N) is 2. The summed E-state index contributed by atoms with van der Waals surface area (Å²) in [7, 11) is 0. The van der Waals surface area contributed by atoms with Gasteiger partial charge in [0.05, 0.1) is 10.2 Å². The minimum atomic E-state index is -0.0433. The quantitative estimate of drug-likeness (QED) is 0.940. The van der Waals surface area contributed by atoms with Gasteiger partial charge in [-0.15, -0.1) is 0 Å². The van der Waals surface area contributed by atoms with E-state index in [2.05, 4.69) is 10.3 Å². The van der Waals surface area contributed by atoms with Gasteiger partial charge in [-0.05, 0) is 25.0 Å². The van der Waals surface area contributed by atoms with Gasteiger partial charge in [0.1, 0.15) is 0 Å². The minimum absolute atomic E-state index is 0.0145. The fourth-order valence-electron chi connectivity index (χ4n) is 2.86. The van der Waals surface area contributed by atoms with E-state index >= 15 is 0 Å². The van der Waals surface area contributed by atoms with E-state index in [9.17, 15) is 9.59 Å². The topological polar surface area (TPSA) is 62.3 Å². The van der Waals surface area contributed by atoms with Crippen LogP contribution in [-0.4, -0.2) is 34.8 Å². The summed E-state index contributed by atoms with van der Waals surface area (Å²) in [5, 5.41) is 3.58. The number of carbonyl (C=O) groups is 2. The van der Waals surface area contributed by atoms with Crippen molar-refractivity contribution in [2.45, 2.75) is 26.7 Å². The third-order valence-electron chi connectivity index (χ3n) is 4.20. The van der Waals surface area contributed by atoms with Crippen molar-refractivity contribution in [1.82, 2.24) is 9.88 Å². The highest BCUT2D eigenvalue weighted by atomic mass is 32.1. The number of nitrogens with one attached hydrogen (secondary N) is 1. The van der Waals surface area contributed by atoms with Crippen molar-refractivity contribution in [3.05, 3.63) is 24.3 Å². The minimum Gasteiger partial charge on any atom is -0.342 e. The normalized spacial score (nSPS) is 16.0. The molecule has 23 heavy (non-hydrogen) atoms. The predicted molar refractivity (Wildman–Crippen MR) is 92.4 cm³/mol. The molecule has 122 valence electrons. The summed E-state index contributed by atoms with van der Waals surface area (Å²) in [6.07, 6.45) is 1.43. The number of hydrogen-bond donors (Lipinski definition) is 1. The lowest BCUT2D eigenvalue weighted by atomic mass is 9.95. The summed E-state index contributed by atoms with van der Waals surface area (Å²) in [6.45, 7) is 5.15. The summed E-state index contributed by atoms with van der Waals surface area (Å²) in [4.78, 5) is 30.7. The highest BCUT2D eigenvalue weighted by Crippen LogP contribution is 2.27. The van der Waals surface area contributed by atoms with Gasteiger partial charge in [-0.3, -0.25) is 9.59 Å². The van der Waals surface area contributed by atoms with Crippen LogP contribution in [0.5, 0.6) is 0 Å². The molecule has 3 rings (SSSR count). The van der Waals surface area contributed by atoms with E-state index < -0.39 is 0 Å². The van der Waals surface area contributed by atoms with E-state index in [1.165, 1.54) is 11.3 Å². The predicted octanol–water partition coefficient (Wildman–Crippen LogP) is 3.13.